The monoisotopic (exact) mass is 404 g/mol. The van der Waals surface area contributed by atoms with Crippen LogP contribution in [0.2, 0.25) is 0 Å². The van der Waals surface area contributed by atoms with E-state index in [1.54, 1.807) is 23.1 Å². The van der Waals surface area contributed by atoms with E-state index < -0.39 is 0 Å². The minimum Gasteiger partial charge on any atom is -0.448 e. The molecule has 2 aliphatic rings. The summed E-state index contributed by atoms with van der Waals surface area (Å²) >= 11 is 0. The van der Waals surface area contributed by atoms with E-state index in [1.165, 1.54) is 0 Å². The predicted octanol–water partition coefficient (Wildman–Crippen LogP) is 3.91. The number of ether oxygens (including phenoxy) is 1. The van der Waals surface area contributed by atoms with E-state index in [0.717, 1.165) is 18.5 Å². The summed E-state index contributed by atoms with van der Waals surface area (Å²) in [6.07, 6.45) is 2.71. The van der Waals surface area contributed by atoms with Crippen molar-refractivity contribution in [3.05, 3.63) is 54.1 Å². The highest BCUT2D eigenvalue weighted by atomic mass is 16.6. The predicted molar refractivity (Wildman–Crippen MR) is 114 cm³/mol. The molecule has 1 saturated heterocycles. The fraction of sp³-hybridized carbons (Fsp3) is 0.348. The molecule has 30 heavy (non-hydrogen) atoms. The van der Waals surface area contributed by atoms with Crippen molar-refractivity contribution in [3.63, 3.8) is 0 Å². The molecule has 1 spiro atoms. The van der Waals surface area contributed by atoms with Crippen LogP contribution in [0.15, 0.2) is 48.5 Å². The van der Waals surface area contributed by atoms with Crippen LogP contribution in [-0.4, -0.2) is 25.2 Å². The number of para-hydroxylation sites is 1. The number of benzene rings is 2. The van der Waals surface area contributed by atoms with Gasteiger partial charge in [0.1, 0.15) is 6.61 Å². The molecule has 154 valence electrons. The van der Waals surface area contributed by atoms with Crippen LogP contribution in [0.3, 0.4) is 0 Å². The van der Waals surface area contributed by atoms with Crippen molar-refractivity contribution in [1.82, 2.24) is 0 Å². The van der Waals surface area contributed by atoms with Crippen LogP contribution < -0.4 is 16.0 Å². The van der Waals surface area contributed by atoms with Gasteiger partial charge >= 0.3 is 6.09 Å². The lowest BCUT2D eigenvalue weighted by Gasteiger charge is -2.45. The molecular formula is C23H24N4O3. The third kappa shape index (κ3) is 3.94. The Kier molecular flexibility index (Phi) is 5.32. The number of nitrogens with one attached hydrogen (secondary N) is 1. The Hall–Kier alpha value is -3.53. The molecule has 1 aliphatic carbocycles. The van der Waals surface area contributed by atoms with Crippen molar-refractivity contribution >= 4 is 29.1 Å². The number of nitrogen functional groups attached to an aromatic ring is 1. The highest BCUT2D eigenvalue weighted by Gasteiger charge is 2.44. The summed E-state index contributed by atoms with van der Waals surface area (Å²) in [5.74, 6) is -0.220. The van der Waals surface area contributed by atoms with Gasteiger partial charge < -0.3 is 15.8 Å². The maximum atomic E-state index is 12.8. The Morgan fingerprint density at radius 2 is 1.93 bits per heavy atom. The van der Waals surface area contributed by atoms with Gasteiger partial charge in [-0.3, -0.25) is 9.69 Å². The van der Waals surface area contributed by atoms with Gasteiger partial charge in [0.25, 0.3) is 0 Å². The minimum atomic E-state index is -0.320. The summed E-state index contributed by atoms with van der Waals surface area (Å²) in [5, 5.41) is 11.9. The molecule has 1 saturated carbocycles. The van der Waals surface area contributed by atoms with E-state index in [1.807, 2.05) is 30.3 Å². The summed E-state index contributed by atoms with van der Waals surface area (Å²) in [7, 11) is 0. The summed E-state index contributed by atoms with van der Waals surface area (Å²) in [6, 6.07) is 16.4. The van der Waals surface area contributed by atoms with Crippen molar-refractivity contribution in [2.24, 2.45) is 11.3 Å². The van der Waals surface area contributed by atoms with Crippen LogP contribution in [0, 0.1) is 22.7 Å². The molecule has 0 unspecified atom stereocenters. The van der Waals surface area contributed by atoms with Crippen molar-refractivity contribution < 1.29 is 14.3 Å². The summed E-state index contributed by atoms with van der Waals surface area (Å²) in [4.78, 5) is 26.8. The van der Waals surface area contributed by atoms with Gasteiger partial charge in [-0.25, -0.2) is 4.79 Å². The molecule has 4 rings (SSSR count). The number of hydrogen-bond donors (Lipinski definition) is 2. The second kappa shape index (κ2) is 8.07. The minimum absolute atomic E-state index is 0.0839. The number of hydrogen-bond acceptors (Lipinski definition) is 5. The Morgan fingerprint density at radius 3 is 2.63 bits per heavy atom. The molecule has 3 N–H and O–H groups in total. The van der Waals surface area contributed by atoms with Gasteiger partial charge in [0.2, 0.25) is 5.91 Å². The average molecular weight is 404 g/mol. The fourth-order valence-electron chi connectivity index (χ4n) is 4.31. The van der Waals surface area contributed by atoms with E-state index in [2.05, 4.69) is 11.4 Å². The van der Waals surface area contributed by atoms with Crippen LogP contribution in [0.25, 0.3) is 0 Å². The average Bonchev–Trinajstić information content (AvgIpc) is 2.78. The lowest BCUT2D eigenvalue weighted by atomic mass is 9.70. The molecule has 0 radical (unpaired) electrons. The number of carbonyl (C=O) groups is 2. The van der Waals surface area contributed by atoms with Gasteiger partial charge in [-0.15, -0.1) is 0 Å². The summed E-state index contributed by atoms with van der Waals surface area (Å²) < 4.78 is 5.51. The molecule has 7 heteroatoms. The zero-order chi connectivity index (χ0) is 21.1. The first-order chi connectivity index (χ1) is 14.5. The number of nitrogens with zero attached hydrogens (tertiary/aromatic N) is 2. The third-order valence-electron chi connectivity index (χ3n) is 6.14. The second-order valence-corrected chi connectivity index (χ2v) is 8.15. The molecule has 0 atom stereocenters. The van der Waals surface area contributed by atoms with E-state index in [-0.39, 0.29) is 23.3 Å². The highest BCUT2D eigenvalue weighted by Crippen LogP contribution is 2.43. The van der Waals surface area contributed by atoms with Crippen molar-refractivity contribution in [3.8, 4) is 6.07 Å². The number of rotatable bonds is 3. The summed E-state index contributed by atoms with van der Waals surface area (Å²) in [6.45, 7) is 0.988. The highest BCUT2D eigenvalue weighted by molar-refractivity contribution is 5.95. The van der Waals surface area contributed by atoms with Gasteiger partial charge in [-0.05, 0) is 56.0 Å². The molecule has 0 aromatic heterocycles. The summed E-state index contributed by atoms with van der Waals surface area (Å²) in [5.41, 5.74) is 7.99. The molecule has 1 aliphatic heterocycles. The lowest BCUT2D eigenvalue weighted by Crippen LogP contribution is -2.52. The Morgan fingerprint density at radius 1 is 1.20 bits per heavy atom. The smallest absolute Gasteiger partial charge is 0.414 e. The number of carbonyl (C=O) groups excluding carboxylic acids is 2. The SMILES string of the molecule is N#Cc1ccc(N)c(NC(=O)C2CCC3(CC2)COC(=O)N(c2ccccc2)C3)c1. The molecule has 2 fully saturated rings. The number of amides is 2. The molecule has 1 heterocycles. The number of nitriles is 1. The first-order valence-electron chi connectivity index (χ1n) is 10.1. The van der Waals surface area contributed by atoms with Crippen molar-refractivity contribution in [1.29, 1.82) is 5.26 Å². The Labute approximate surface area is 175 Å². The van der Waals surface area contributed by atoms with Gasteiger partial charge in [-0.1, -0.05) is 18.2 Å². The Balaban J connectivity index is 1.40. The van der Waals surface area contributed by atoms with Gasteiger partial charge in [-0.2, -0.15) is 5.26 Å². The molecule has 2 amide bonds. The van der Waals surface area contributed by atoms with Crippen LogP contribution in [0.1, 0.15) is 31.2 Å². The van der Waals surface area contributed by atoms with Gasteiger partial charge in [0, 0.05) is 23.6 Å². The van der Waals surface area contributed by atoms with Crippen LogP contribution in [-0.2, 0) is 9.53 Å². The largest absolute Gasteiger partial charge is 0.448 e. The first-order valence-corrected chi connectivity index (χ1v) is 10.1. The van der Waals surface area contributed by atoms with E-state index >= 15 is 0 Å². The van der Waals surface area contributed by atoms with E-state index in [4.69, 9.17) is 15.7 Å². The Bertz CT molecular complexity index is 991. The zero-order valence-corrected chi connectivity index (χ0v) is 16.6. The normalized spacial score (nSPS) is 23.5. The van der Waals surface area contributed by atoms with Crippen molar-refractivity contribution in [2.45, 2.75) is 25.7 Å². The van der Waals surface area contributed by atoms with Crippen LogP contribution >= 0.6 is 0 Å². The number of cyclic esters (lactones) is 1. The van der Waals surface area contributed by atoms with Gasteiger partial charge in [0.15, 0.2) is 0 Å². The van der Waals surface area contributed by atoms with Gasteiger partial charge in [0.05, 0.1) is 23.0 Å². The maximum Gasteiger partial charge on any atom is 0.414 e. The second-order valence-electron chi connectivity index (χ2n) is 8.15. The van der Waals surface area contributed by atoms with Crippen molar-refractivity contribution in [2.75, 3.05) is 29.1 Å². The molecule has 2 aromatic carbocycles. The first kappa shape index (κ1) is 19.8. The van der Waals surface area contributed by atoms with E-state index in [0.29, 0.717) is 42.9 Å². The standard InChI is InChI=1S/C23H24N4O3/c24-13-16-6-7-19(25)20(12-16)26-21(28)17-8-10-23(11-9-17)14-27(22(29)30-15-23)18-4-2-1-3-5-18/h1-7,12,17H,8-11,14-15,25H2,(H,26,28). The van der Waals surface area contributed by atoms with Crippen LogP contribution in [0.5, 0.6) is 0 Å². The molecule has 2 aromatic rings. The van der Waals surface area contributed by atoms with E-state index in [9.17, 15) is 9.59 Å². The molecule has 7 nitrogen and oxygen atoms in total. The third-order valence-corrected chi connectivity index (χ3v) is 6.14. The lowest BCUT2D eigenvalue weighted by molar-refractivity contribution is -0.122. The number of anilines is 3. The topological polar surface area (TPSA) is 108 Å². The quantitative estimate of drug-likeness (QED) is 0.754. The number of nitrogens with two attached hydrogens (primary N) is 1. The maximum absolute atomic E-state index is 12.8. The van der Waals surface area contributed by atoms with Crippen LogP contribution in [0.4, 0.5) is 21.9 Å². The zero-order valence-electron chi connectivity index (χ0n) is 16.6. The molecular weight excluding hydrogens is 380 g/mol. The molecule has 0 bridgehead atoms. The fourth-order valence-corrected chi connectivity index (χ4v) is 4.31.